The number of benzene rings is 1. The molecule has 0 atom stereocenters. The van der Waals surface area contributed by atoms with E-state index in [1.54, 1.807) is 12.4 Å². The average Bonchev–Trinajstić information content (AvgIpc) is 2.47. The van der Waals surface area contributed by atoms with Crippen molar-refractivity contribution < 1.29 is 17.9 Å². The number of rotatable bonds is 1. The Kier molecular flexibility index (Phi) is 3.44. The summed E-state index contributed by atoms with van der Waals surface area (Å²) in [6, 6.07) is 4.91. The molecule has 3 rings (SSSR count). The minimum Gasteiger partial charge on any atom is -0.472 e. The summed E-state index contributed by atoms with van der Waals surface area (Å²) in [5.74, 6) is 0.167. The van der Waals surface area contributed by atoms with E-state index in [0.717, 1.165) is 17.7 Å². The molecule has 0 bridgehead atoms. The largest absolute Gasteiger partial charge is 0.472 e. The number of pyridine rings is 1. The average molecular weight is 357 g/mol. The van der Waals surface area contributed by atoms with Crippen molar-refractivity contribution in [3.8, 4) is 0 Å². The first kappa shape index (κ1) is 14.1. The van der Waals surface area contributed by atoms with Gasteiger partial charge in [0.15, 0.2) is 0 Å². The first-order valence-corrected chi connectivity index (χ1v) is 6.76. The summed E-state index contributed by atoms with van der Waals surface area (Å²) in [7, 11) is 0. The number of fused-ring (bicyclic) bond motifs is 1. The minimum absolute atomic E-state index is 0.167. The number of hydrogen-bond donors (Lipinski definition) is 0. The van der Waals surface area contributed by atoms with E-state index in [9.17, 15) is 13.2 Å². The van der Waals surface area contributed by atoms with Gasteiger partial charge in [-0.15, -0.1) is 0 Å². The van der Waals surface area contributed by atoms with E-state index in [2.05, 4.69) is 25.9 Å². The van der Waals surface area contributed by atoms with Gasteiger partial charge in [-0.25, -0.2) is 4.99 Å². The van der Waals surface area contributed by atoms with Gasteiger partial charge in [0.25, 0.3) is 0 Å². The highest BCUT2D eigenvalue weighted by Gasteiger charge is 2.31. The van der Waals surface area contributed by atoms with Gasteiger partial charge < -0.3 is 4.74 Å². The Labute approximate surface area is 126 Å². The molecule has 2 aromatic rings. The van der Waals surface area contributed by atoms with Gasteiger partial charge >= 0.3 is 6.18 Å². The van der Waals surface area contributed by atoms with Gasteiger partial charge in [-0.05, 0) is 34.1 Å². The molecule has 0 N–H and O–H groups in total. The highest BCUT2D eigenvalue weighted by atomic mass is 79.9. The van der Waals surface area contributed by atoms with Crippen LogP contribution in [0.2, 0.25) is 0 Å². The van der Waals surface area contributed by atoms with Crippen molar-refractivity contribution in [2.45, 2.75) is 12.8 Å². The zero-order valence-corrected chi connectivity index (χ0v) is 12.1. The normalized spacial score (nSPS) is 14.2. The lowest BCUT2D eigenvalue weighted by atomic mass is 10.1. The predicted octanol–water partition coefficient (Wildman–Crippen LogP) is 4.47. The fraction of sp³-hybridized carbons (Fsp3) is 0.143. The molecule has 3 nitrogen and oxygen atoms in total. The Morgan fingerprint density at radius 1 is 1.19 bits per heavy atom. The first-order valence-electron chi connectivity index (χ1n) is 5.96. The number of nitrogens with zero attached hydrogens (tertiary/aromatic N) is 2. The molecule has 0 radical (unpaired) electrons. The van der Waals surface area contributed by atoms with Gasteiger partial charge in [-0.2, -0.15) is 13.2 Å². The quantitative estimate of drug-likeness (QED) is 0.755. The molecule has 108 valence electrons. The standard InChI is InChI=1S/C14H8BrF3N2O/c15-11-6-19-5-9-7-21-13(20-12(9)11)8-2-1-3-10(4-8)14(16,17)18/h1-6H,7H2. The molecule has 1 aromatic heterocycles. The summed E-state index contributed by atoms with van der Waals surface area (Å²) in [5.41, 5.74) is 0.967. The molecule has 21 heavy (non-hydrogen) atoms. The lowest BCUT2D eigenvalue weighted by molar-refractivity contribution is -0.137. The van der Waals surface area contributed by atoms with Crippen LogP contribution in [0.4, 0.5) is 18.9 Å². The minimum atomic E-state index is -4.40. The van der Waals surface area contributed by atoms with Crippen molar-refractivity contribution in [1.29, 1.82) is 0 Å². The molecule has 1 aliphatic heterocycles. The highest BCUT2D eigenvalue weighted by Crippen LogP contribution is 2.34. The fourth-order valence-corrected chi connectivity index (χ4v) is 2.42. The summed E-state index contributed by atoms with van der Waals surface area (Å²) in [6.45, 7) is 0.219. The number of aromatic nitrogens is 1. The Morgan fingerprint density at radius 2 is 2.00 bits per heavy atom. The topological polar surface area (TPSA) is 34.5 Å². The molecular formula is C14H8BrF3N2O. The predicted molar refractivity (Wildman–Crippen MR) is 74.4 cm³/mol. The van der Waals surface area contributed by atoms with E-state index in [1.165, 1.54) is 12.1 Å². The zero-order valence-electron chi connectivity index (χ0n) is 10.5. The van der Waals surface area contributed by atoms with Crippen molar-refractivity contribution >= 4 is 27.5 Å². The van der Waals surface area contributed by atoms with Crippen molar-refractivity contribution in [2.24, 2.45) is 4.99 Å². The lowest BCUT2D eigenvalue weighted by Gasteiger charge is -2.18. The third-order valence-electron chi connectivity index (χ3n) is 2.96. The Bertz CT molecular complexity index is 728. The van der Waals surface area contributed by atoms with Gasteiger partial charge in [-0.1, -0.05) is 6.07 Å². The fourth-order valence-electron chi connectivity index (χ4n) is 1.96. The molecule has 1 aliphatic rings. The molecule has 0 aliphatic carbocycles. The van der Waals surface area contributed by atoms with Gasteiger partial charge in [0.1, 0.15) is 6.61 Å². The Morgan fingerprint density at radius 3 is 2.76 bits per heavy atom. The van der Waals surface area contributed by atoms with Gasteiger partial charge in [0.2, 0.25) is 5.90 Å². The van der Waals surface area contributed by atoms with E-state index >= 15 is 0 Å². The van der Waals surface area contributed by atoms with Crippen LogP contribution < -0.4 is 0 Å². The molecule has 0 fully saturated rings. The van der Waals surface area contributed by atoms with Crippen molar-refractivity contribution in [2.75, 3.05) is 0 Å². The smallest absolute Gasteiger partial charge is 0.416 e. The maximum atomic E-state index is 12.7. The first-order chi connectivity index (χ1) is 9.95. The van der Waals surface area contributed by atoms with Crippen LogP contribution in [-0.4, -0.2) is 10.9 Å². The number of halogens is 4. The molecule has 7 heteroatoms. The van der Waals surface area contributed by atoms with Crippen LogP contribution in [0.5, 0.6) is 0 Å². The summed E-state index contributed by atoms with van der Waals surface area (Å²) in [5, 5.41) is 0. The molecule has 2 heterocycles. The molecular weight excluding hydrogens is 349 g/mol. The van der Waals surface area contributed by atoms with E-state index in [1.807, 2.05) is 0 Å². The van der Waals surface area contributed by atoms with Gasteiger partial charge in [0.05, 0.1) is 15.7 Å². The van der Waals surface area contributed by atoms with Gasteiger partial charge in [-0.3, -0.25) is 4.98 Å². The summed E-state index contributed by atoms with van der Waals surface area (Å²) < 4.78 is 44.3. The van der Waals surface area contributed by atoms with Crippen LogP contribution in [0.15, 0.2) is 46.1 Å². The molecule has 0 saturated carbocycles. The van der Waals surface area contributed by atoms with E-state index in [0.29, 0.717) is 15.7 Å². The van der Waals surface area contributed by atoms with Crippen LogP contribution in [-0.2, 0) is 17.5 Å². The monoisotopic (exact) mass is 356 g/mol. The second-order valence-electron chi connectivity index (χ2n) is 4.41. The summed E-state index contributed by atoms with van der Waals surface area (Å²) in [6.07, 6.45) is -1.20. The number of hydrogen-bond acceptors (Lipinski definition) is 3. The zero-order chi connectivity index (χ0) is 15.0. The number of alkyl halides is 3. The van der Waals surface area contributed by atoms with Crippen molar-refractivity contribution in [1.82, 2.24) is 4.98 Å². The van der Waals surface area contributed by atoms with Crippen LogP contribution in [0, 0.1) is 0 Å². The third kappa shape index (κ3) is 2.78. The summed E-state index contributed by atoms with van der Waals surface area (Å²) in [4.78, 5) is 8.28. The molecule has 1 aromatic carbocycles. The van der Waals surface area contributed by atoms with Crippen LogP contribution in [0.25, 0.3) is 0 Å². The van der Waals surface area contributed by atoms with Crippen LogP contribution >= 0.6 is 15.9 Å². The maximum absolute atomic E-state index is 12.7. The second-order valence-corrected chi connectivity index (χ2v) is 5.27. The maximum Gasteiger partial charge on any atom is 0.416 e. The Balaban J connectivity index is 2.05. The third-order valence-corrected chi connectivity index (χ3v) is 3.54. The van der Waals surface area contributed by atoms with Crippen molar-refractivity contribution in [3.05, 3.63) is 57.8 Å². The van der Waals surface area contributed by atoms with Crippen LogP contribution in [0.1, 0.15) is 16.7 Å². The number of ether oxygens (including phenoxy) is 1. The molecule has 0 saturated heterocycles. The lowest BCUT2D eigenvalue weighted by Crippen LogP contribution is -2.13. The summed E-state index contributed by atoms with van der Waals surface area (Å²) >= 11 is 3.32. The van der Waals surface area contributed by atoms with E-state index in [-0.39, 0.29) is 12.5 Å². The molecule has 0 unspecified atom stereocenters. The molecule has 0 amide bonds. The highest BCUT2D eigenvalue weighted by molar-refractivity contribution is 9.10. The van der Waals surface area contributed by atoms with Crippen molar-refractivity contribution in [3.63, 3.8) is 0 Å². The second kappa shape index (κ2) is 5.14. The van der Waals surface area contributed by atoms with Crippen LogP contribution in [0.3, 0.4) is 0 Å². The van der Waals surface area contributed by atoms with Gasteiger partial charge in [0, 0.05) is 23.5 Å². The SMILES string of the molecule is FC(F)(F)c1cccc(C2=Nc3c(Br)cncc3CO2)c1. The van der Waals surface area contributed by atoms with E-state index < -0.39 is 11.7 Å². The molecule has 0 spiro atoms. The number of aliphatic imine (C=N–C) groups is 1. The Hall–Kier alpha value is -1.89. The van der Waals surface area contributed by atoms with E-state index in [4.69, 9.17) is 4.74 Å².